The van der Waals surface area contributed by atoms with E-state index < -0.39 is 0 Å². The van der Waals surface area contributed by atoms with Crippen LogP contribution in [0.5, 0.6) is 0 Å². The van der Waals surface area contributed by atoms with Crippen LogP contribution < -0.4 is 0 Å². The van der Waals surface area contributed by atoms with Crippen molar-refractivity contribution in [3.63, 3.8) is 0 Å². The first-order chi connectivity index (χ1) is 9.72. The first kappa shape index (κ1) is 13.8. The summed E-state index contributed by atoms with van der Waals surface area (Å²) in [6.45, 7) is 6.23. The molecule has 2 aromatic rings. The first-order valence-corrected chi connectivity index (χ1v) is 8.19. The zero-order chi connectivity index (χ0) is 13.9. The fourth-order valence-electron chi connectivity index (χ4n) is 2.79. The van der Waals surface area contributed by atoms with Gasteiger partial charge in [0.1, 0.15) is 0 Å². The van der Waals surface area contributed by atoms with Gasteiger partial charge in [-0.15, -0.1) is 11.3 Å². The number of likely N-dealkylation sites (tertiary alicyclic amines) is 1. The van der Waals surface area contributed by atoms with E-state index in [1.807, 2.05) is 11.3 Å². The third-order valence-electron chi connectivity index (χ3n) is 3.67. The lowest BCUT2D eigenvalue weighted by molar-refractivity contribution is 0.214. The molecule has 0 spiro atoms. The molecule has 0 aliphatic carbocycles. The largest absolute Gasteiger partial charge is 0.338 e. The lowest BCUT2D eigenvalue weighted by Gasteiger charge is -2.21. The molecule has 1 atom stereocenters. The maximum atomic E-state index is 5.39. The number of nitrogens with zero attached hydrogens (tertiary/aromatic N) is 3. The van der Waals surface area contributed by atoms with E-state index in [-0.39, 0.29) is 0 Å². The molecule has 0 saturated carbocycles. The smallest absolute Gasteiger partial charge is 0.240 e. The second-order valence-electron chi connectivity index (χ2n) is 5.85. The fourth-order valence-corrected chi connectivity index (χ4v) is 3.69. The first-order valence-electron chi connectivity index (χ1n) is 7.31. The second kappa shape index (κ2) is 6.06. The molecule has 1 aliphatic rings. The quantitative estimate of drug-likeness (QED) is 0.843. The molecule has 4 nitrogen and oxygen atoms in total. The van der Waals surface area contributed by atoms with Crippen LogP contribution in [0.4, 0.5) is 0 Å². The Morgan fingerprint density at radius 3 is 3.15 bits per heavy atom. The van der Waals surface area contributed by atoms with E-state index in [0.29, 0.717) is 12.0 Å². The van der Waals surface area contributed by atoms with Crippen molar-refractivity contribution >= 4 is 11.3 Å². The van der Waals surface area contributed by atoms with Gasteiger partial charge < -0.3 is 4.52 Å². The molecule has 0 aromatic carbocycles. The molecule has 108 valence electrons. The van der Waals surface area contributed by atoms with E-state index in [4.69, 9.17) is 4.52 Å². The van der Waals surface area contributed by atoms with E-state index >= 15 is 0 Å². The summed E-state index contributed by atoms with van der Waals surface area (Å²) in [6, 6.07) is 4.88. The third-order valence-corrected chi connectivity index (χ3v) is 4.65. The van der Waals surface area contributed by atoms with E-state index in [0.717, 1.165) is 31.2 Å². The lowest BCUT2D eigenvalue weighted by atomic mass is 10.1. The van der Waals surface area contributed by atoms with Crippen molar-refractivity contribution in [1.29, 1.82) is 0 Å². The highest BCUT2D eigenvalue weighted by Gasteiger charge is 2.28. The van der Waals surface area contributed by atoms with Crippen molar-refractivity contribution in [3.05, 3.63) is 34.1 Å². The average Bonchev–Trinajstić information content (AvgIpc) is 3.10. The van der Waals surface area contributed by atoms with Crippen LogP contribution in [0.2, 0.25) is 0 Å². The summed E-state index contributed by atoms with van der Waals surface area (Å²) < 4.78 is 5.39. The Morgan fingerprint density at radius 1 is 1.50 bits per heavy atom. The normalized spacial score (nSPS) is 20.1. The molecule has 5 heteroatoms. The lowest BCUT2D eigenvalue weighted by Crippen LogP contribution is -2.22. The van der Waals surface area contributed by atoms with Crippen LogP contribution in [-0.4, -0.2) is 21.6 Å². The van der Waals surface area contributed by atoms with Crippen molar-refractivity contribution in [1.82, 2.24) is 15.0 Å². The molecule has 3 rings (SSSR count). The Balaban J connectivity index is 1.66. The molecule has 1 fully saturated rings. The average molecular weight is 291 g/mol. The molecule has 1 unspecified atom stereocenters. The minimum atomic E-state index is 0.524. The second-order valence-corrected chi connectivity index (χ2v) is 6.83. The maximum Gasteiger partial charge on any atom is 0.240 e. The molecule has 3 heterocycles. The van der Waals surface area contributed by atoms with Crippen LogP contribution in [0.3, 0.4) is 0 Å². The van der Waals surface area contributed by atoms with Crippen molar-refractivity contribution in [2.45, 2.75) is 45.7 Å². The van der Waals surface area contributed by atoms with Gasteiger partial charge in [0.15, 0.2) is 5.82 Å². The molecule has 1 saturated heterocycles. The highest BCUT2D eigenvalue weighted by atomic mass is 32.1. The number of rotatable bonds is 5. The Bertz CT molecular complexity index is 535. The van der Waals surface area contributed by atoms with Crippen molar-refractivity contribution < 1.29 is 4.52 Å². The minimum Gasteiger partial charge on any atom is -0.338 e. The minimum absolute atomic E-state index is 0.524. The molecule has 0 amide bonds. The van der Waals surface area contributed by atoms with Gasteiger partial charge in [0.2, 0.25) is 5.89 Å². The summed E-state index contributed by atoms with van der Waals surface area (Å²) in [6.07, 6.45) is 3.36. The summed E-state index contributed by atoms with van der Waals surface area (Å²) in [5.74, 6) is 2.15. The van der Waals surface area contributed by atoms with Gasteiger partial charge in [0.05, 0.1) is 6.54 Å². The van der Waals surface area contributed by atoms with Crippen LogP contribution in [0, 0.1) is 5.92 Å². The zero-order valence-electron chi connectivity index (χ0n) is 12.1. The standard InChI is InChI=1S/C15H21N3OS/c1-11(2)9-14-16-15(19-17-14)10-18-7-3-5-12(18)13-6-4-8-20-13/h4,6,8,11-12H,3,5,7,9-10H2,1-2H3. The van der Waals surface area contributed by atoms with E-state index in [1.54, 1.807) is 0 Å². The van der Waals surface area contributed by atoms with Crippen LogP contribution in [0.15, 0.2) is 22.0 Å². The Labute approximate surface area is 123 Å². The van der Waals surface area contributed by atoms with Crippen molar-refractivity contribution in [3.8, 4) is 0 Å². The van der Waals surface area contributed by atoms with Gasteiger partial charge in [0, 0.05) is 17.3 Å². The molecular weight excluding hydrogens is 270 g/mol. The highest BCUT2D eigenvalue weighted by Crippen LogP contribution is 2.35. The Hall–Kier alpha value is -1.20. The molecule has 2 aromatic heterocycles. The van der Waals surface area contributed by atoms with Gasteiger partial charge in [-0.1, -0.05) is 25.1 Å². The van der Waals surface area contributed by atoms with Crippen LogP contribution in [0.25, 0.3) is 0 Å². The van der Waals surface area contributed by atoms with Crippen LogP contribution in [0.1, 0.15) is 49.3 Å². The summed E-state index contributed by atoms with van der Waals surface area (Å²) in [5.41, 5.74) is 0. The fraction of sp³-hybridized carbons (Fsp3) is 0.600. The maximum absolute atomic E-state index is 5.39. The summed E-state index contributed by atoms with van der Waals surface area (Å²) in [5, 5.41) is 6.23. The number of hydrogen-bond acceptors (Lipinski definition) is 5. The van der Waals surface area contributed by atoms with E-state index in [2.05, 4.69) is 46.4 Å². The number of hydrogen-bond donors (Lipinski definition) is 0. The van der Waals surface area contributed by atoms with Gasteiger partial charge in [-0.05, 0) is 36.8 Å². The SMILES string of the molecule is CC(C)Cc1noc(CN2CCCC2c2cccs2)n1. The van der Waals surface area contributed by atoms with Gasteiger partial charge >= 0.3 is 0 Å². The molecule has 1 aliphatic heterocycles. The van der Waals surface area contributed by atoms with Gasteiger partial charge in [-0.2, -0.15) is 4.98 Å². The monoisotopic (exact) mass is 291 g/mol. The predicted octanol–water partition coefficient (Wildman–Crippen LogP) is 3.67. The van der Waals surface area contributed by atoms with Gasteiger partial charge in [0.25, 0.3) is 0 Å². The molecule has 20 heavy (non-hydrogen) atoms. The molecular formula is C15H21N3OS. The summed E-state index contributed by atoms with van der Waals surface area (Å²) >= 11 is 1.84. The Morgan fingerprint density at radius 2 is 2.40 bits per heavy atom. The predicted molar refractivity (Wildman–Crippen MR) is 79.5 cm³/mol. The van der Waals surface area contributed by atoms with E-state index in [9.17, 15) is 0 Å². The van der Waals surface area contributed by atoms with Gasteiger partial charge in [-0.25, -0.2) is 0 Å². The topological polar surface area (TPSA) is 42.2 Å². The molecule has 0 bridgehead atoms. The highest BCUT2D eigenvalue weighted by molar-refractivity contribution is 7.10. The number of aromatic nitrogens is 2. The van der Waals surface area contributed by atoms with Crippen molar-refractivity contribution in [2.75, 3.05) is 6.54 Å². The molecule has 0 radical (unpaired) electrons. The van der Waals surface area contributed by atoms with Crippen molar-refractivity contribution in [2.24, 2.45) is 5.92 Å². The summed E-state index contributed by atoms with van der Waals surface area (Å²) in [4.78, 5) is 8.42. The zero-order valence-corrected chi connectivity index (χ0v) is 12.9. The van der Waals surface area contributed by atoms with E-state index in [1.165, 1.54) is 17.7 Å². The summed E-state index contributed by atoms with van der Waals surface area (Å²) in [7, 11) is 0. The van der Waals surface area contributed by atoms with Gasteiger partial charge in [-0.3, -0.25) is 4.90 Å². The van der Waals surface area contributed by atoms with Crippen LogP contribution in [-0.2, 0) is 13.0 Å². The molecule has 0 N–H and O–H groups in total. The van der Waals surface area contributed by atoms with Crippen LogP contribution >= 0.6 is 11.3 Å². The number of thiophene rings is 1. The Kier molecular flexibility index (Phi) is 4.17. The third kappa shape index (κ3) is 3.10.